The lowest BCUT2D eigenvalue weighted by molar-refractivity contribution is -0.156. The Hall–Kier alpha value is -6.07. The molecule has 304 valence electrons. The van der Waals surface area contributed by atoms with Gasteiger partial charge in [0.1, 0.15) is 17.1 Å². The van der Waals surface area contributed by atoms with Crippen LogP contribution in [0, 0.1) is 18.8 Å². The predicted molar refractivity (Wildman–Crippen MR) is 210 cm³/mol. The summed E-state index contributed by atoms with van der Waals surface area (Å²) in [6.07, 6.45) is 1.71. The van der Waals surface area contributed by atoms with Crippen molar-refractivity contribution < 1.29 is 59.4 Å². The van der Waals surface area contributed by atoms with Gasteiger partial charge in [-0.3, -0.25) is 14.4 Å². The molecule has 0 saturated heterocycles. The highest BCUT2D eigenvalue weighted by atomic mass is 32.2. The van der Waals surface area contributed by atoms with Crippen LogP contribution in [0.15, 0.2) is 94.7 Å². The molecule has 0 amide bonds. The van der Waals surface area contributed by atoms with E-state index in [0.717, 1.165) is 20.9 Å². The third kappa shape index (κ3) is 8.74. The summed E-state index contributed by atoms with van der Waals surface area (Å²) in [4.78, 5) is 68.6. The molecule has 4 aromatic carbocycles. The maximum atomic E-state index is 12.2. The van der Waals surface area contributed by atoms with Gasteiger partial charge in [0.2, 0.25) is 0 Å². The zero-order valence-corrected chi connectivity index (χ0v) is 32.0. The molecule has 1 heterocycles. The summed E-state index contributed by atoms with van der Waals surface area (Å²) < 4.78 is 0. The fourth-order valence-corrected chi connectivity index (χ4v) is 8.77. The number of carbonyl (C=O) groups is 6. The fraction of sp³-hybridized carbons (Fsp3) is 0.286. The molecule has 12 N–H and O–H groups in total. The molecule has 0 aromatic heterocycles. The van der Waals surface area contributed by atoms with Crippen molar-refractivity contribution in [2.45, 2.75) is 71.9 Å². The molecule has 1 saturated carbocycles. The standard InChI is InChI=1S/C21H21NO4S.C11H11NO4.C10H11NO4/c22-21(20(25)26,13-9-12(10-13)19(23)24)11-16-14-5-1-3-7-17(14)27-18-8-4-2-6-15(16)18;12-11(10(15)16)4-3-6-5-7(9(13)14)1-2-8(6)11;1-5-4-6(9(12)13)2-3-7(5)8(11)10(14)15/h1-8,12-13,16H,9-11,22H2,(H,23,24)(H,25,26);1-2,5H,3-4,12H2,(H,13,14)(H,15,16);2-4,8H,11H2,1H3,(H,12,13)(H,14,15)/t;11-;8-/m.10/s1. The van der Waals surface area contributed by atoms with Gasteiger partial charge in [-0.25, -0.2) is 14.4 Å². The van der Waals surface area contributed by atoms with Crippen molar-refractivity contribution in [3.05, 3.63) is 129 Å². The van der Waals surface area contributed by atoms with Crippen LogP contribution >= 0.6 is 11.8 Å². The highest BCUT2D eigenvalue weighted by molar-refractivity contribution is 7.99. The zero-order valence-electron chi connectivity index (χ0n) is 31.2. The first-order valence-electron chi connectivity index (χ1n) is 18.1. The maximum absolute atomic E-state index is 12.2. The number of aliphatic carboxylic acids is 4. The number of carboxylic acids is 6. The van der Waals surface area contributed by atoms with E-state index in [9.17, 15) is 33.9 Å². The van der Waals surface area contributed by atoms with Crippen molar-refractivity contribution >= 4 is 47.6 Å². The predicted octanol–water partition coefficient (Wildman–Crippen LogP) is 4.91. The first-order chi connectivity index (χ1) is 27.3. The van der Waals surface area contributed by atoms with Crippen LogP contribution < -0.4 is 17.2 Å². The highest BCUT2D eigenvalue weighted by Gasteiger charge is 2.52. The summed E-state index contributed by atoms with van der Waals surface area (Å²) in [5.41, 5.74) is 19.5. The second-order valence-electron chi connectivity index (χ2n) is 14.6. The van der Waals surface area contributed by atoms with E-state index in [1.165, 1.54) is 36.4 Å². The number of aromatic carboxylic acids is 2. The third-order valence-corrected chi connectivity index (χ3v) is 12.3. The van der Waals surface area contributed by atoms with Crippen molar-refractivity contribution in [3.8, 4) is 0 Å². The van der Waals surface area contributed by atoms with Crippen LogP contribution in [0.1, 0.15) is 91.7 Å². The largest absolute Gasteiger partial charge is 0.481 e. The SMILES string of the molecule is Cc1cc(C(=O)O)ccc1[C@H](N)C(=O)O.NC(CC1c2ccccc2Sc2ccccc21)(C(=O)O)C1CC(C(=O)O)C1.N[C@]1(C(=O)O)CCc2cc(C(=O)O)ccc21. The molecule has 15 nitrogen and oxygen atoms in total. The van der Waals surface area contributed by atoms with Crippen LogP contribution in [-0.2, 0) is 31.1 Å². The van der Waals surface area contributed by atoms with Gasteiger partial charge in [-0.2, -0.15) is 0 Å². The van der Waals surface area contributed by atoms with E-state index in [2.05, 4.69) is 0 Å². The number of benzene rings is 4. The van der Waals surface area contributed by atoms with Gasteiger partial charge in [0.25, 0.3) is 0 Å². The Morgan fingerprint density at radius 3 is 1.81 bits per heavy atom. The monoisotopic (exact) mass is 813 g/mol. The Morgan fingerprint density at radius 1 is 0.793 bits per heavy atom. The first kappa shape index (κ1) is 43.1. The minimum Gasteiger partial charge on any atom is -0.481 e. The Kier molecular flexibility index (Phi) is 12.8. The van der Waals surface area contributed by atoms with E-state index in [4.69, 9.17) is 42.7 Å². The molecule has 0 spiro atoms. The van der Waals surface area contributed by atoms with Gasteiger partial charge >= 0.3 is 35.8 Å². The van der Waals surface area contributed by atoms with E-state index < -0.39 is 58.9 Å². The molecule has 1 aliphatic heterocycles. The average molecular weight is 814 g/mol. The lowest BCUT2D eigenvalue weighted by Crippen LogP contribution is -2.59. The van der Waals surface area contributed by atoms with Gasteiger partial charge in [0, 0.05) is 15.7 Å². The van der Waals surface area contributed by atoms with Gasteiger partial charge in [0.15, 0.2) is 0 Å². The summed E-state index contributed by atoms with van der Waals surface area (Å²) in [5.74, 6) is -7.14. The quantitative estimate of drug-likeness (QED) is 0.103. The molecule has 2 aliphatic carbocycles. The summed E-state index contributed by atoms with van der Waals surface area (Å²) in [6.45, 7) is 1.63. The van der Waals surface area contributed by atoms with Crippen molar-refractivity contribution in [2.24, 2.45) is 29.0 Å². The van der Waals surface area contributed by atoms with Crippen LogP contribution in [0.4, 0.5) is 0 Å². The van der Waals surface area contributed by atoms with Gasteiger partial charge in [-0.05, 0) is 115 Å². The molecule has 16 heteroatoms. The second-order valence-corrected chi connectivity index (χ2v) is 15.7. The Balaban J connectivity index is 0.000000178. The number of carboxylic acid groups (broad SMARTS) is 6. The van der Waals surface area contributed by atoms with Gasteiger partial charge in [-0.1, -0.05) is 60.3 Å². The number of rotatable bonds is 10. The molecule has 0 radical (unpaired) electrons. The van der Waals surface area contributed by atoms with E-state index in [-0.39, 0.29) is 29.4 Å². The number of aryl methyl sites for hydroxylation is 2. The van der Waals surface area contributed by atoms with Crippen LogP contribution in [0.25, 0.3) is 0 Å². The number of fused-ring (bicyclic) bond motifs is 3. The second kappa shape index (κ2) is 17.2. The van der Waals surface area contributed by atoms with E-state index in [1.54, 1.807) is 18.7 Å². The van der Waals surface area contributed by atoms with Crippen molar-refractivity contribution in [1.82, 2.24) is 0 Å². The zero-order chi connectivity index (χ0) is 42.7. The van der Waals surface area contributed by atoms with Gasteiger partial charge in [-0.15, -0.1) is 0 Å². The Bertz CT molecular complexity index is 2250. The normalized spacial score (nSPS) is 20.3. The summed E-state index contributed by atoms with van der Waals surface area (Å²) in [5, 5.41) is 54.3. The Morgan fingerprint density at radius 2 is 1.33 bits per heavy atom. The molecule has 1 fully saturated rings. The summed E-state index contributed by atoms with van der Waals surface area (Å²) >= 11 is 1.69. The minimum atomic E-state index is -1.45. The summed E-state index contributed by atoms with van der Waals surface area (Å²) in [6, 6.07) is 23.5. The summed E-state index contributed by atoms with van der Waals surface area (Å²) in [7, 11) is 0. The molecular weight excluding hydrogens is 771 g/mol. The lowest BCUT2D eigenvalue weighted by atomic mass is 9.62. The molecule has 0 bridgehead atoms. The molecule has 3 aliphatic rings. The first-order valence-corrected chi connectivity index (χ1v) is 18.9. The van der Waals surface area contributed by atoms with Gasteiger partial charge in [0.05, 0.1) is 17.0 Å². The molecule has 7 rings (SSSR count). The highest BCUT2D eigenvalue weighted by Crippen LogP contribution is 2.51. The molecule has 58 heavy (non-hydrogen) atoms. The molecule has 1 unspecified atom stereocenters. The van der Waals surface area contributed by atoms with Crippen molar-refractivity contribution in [3.63, 3.8) is 0 Å². The van der Waals surface area contributed by atoms with E-state index in [1.807, 2.05) is 48.5 Å². The molecule has 3 atom stereocenters. The Labute approximate surface area is 336 Å². The molecular formula is C42H43N3O12S. The fourth-order valence-electron chi connectivity index (χ4n) is 7.58. The number of nitrogens with two attached hydrogens (primary N) is 3. The smallest absolute Gasteiger partial charge is 0.335 e. The molecule has 4 aromatic rings. The van der Waals surface area contributed by atoms with Crippen LogP contribution in [0.5, 0.6) is 0 Å². The van der Waals surface area contributed by atoms with Crippen molar-refractivity contribution in [2.75, 3.05) is 0 Å². The van der Waals surface area contributed by atoms with Crippen molar-refractivity contribution in [1.29, 1.82) is 0 Å². The number of hydrogen-bond acceptors (Lipinski definition) is 10. The lowest BCUT2D eigenvalue weighted by Gasteiger charge is -2.45. The maximum Gasteiger partial charge on any atom is 0.335 e. The van der Waals surface area contributed by atoms with Crippen LogP contribution in [-0.4, -0.2) is 72.0 Å². The van der Waals surface area contributed by atoms with Gasteiger partial charge < -0.3 is 47.8 Å². The third-order valence-electron chi connectivity index (χ3n) is 11.1. The van der Waals surface area contributed by atoms with E-state index in [0.29, 0.717) is 47.9 Å². The van der Waals surface area contributed by atoms with Crippen LogP contribution in [0.2, 0.25) is 0 Å². The van der Waals surface area contributed by atoms with Crippen LogP contribution in [0.3, 0.4) is 0 Å². The number of hydrogen-bond donors (Lipinski definition) is 9. The average Bonchev–Trinajstić information content (AvgIpc) is 3.51. The van der Waals surface area contributed by atoms with E-state index >= 15 is 0 Å². The minimum absolute atomic E-state index is 0.119. The topological polar surface area (TPSA) is 302 Å².